The number of nitrogens with zero attached hydrogens (tertiary/aromatic N) is 1. The lowest BCUT2D eigenvalue weighted by atomic mass is 10.3. The molecule has 6 heteroatoms. The summed E-state index contributed by atoms with van der Waals surface area (Å²) >= 11 is 0. The highest BCUT2D eigenvalue weighted by molar-refractivity contribution is 5.91. The normalized spacial score (nSPS) is 9.68. The third-order valence-corrected chi connectivity index (χ3v) is 2.36. The molecule has 0 atom stereocenters. The summed E-state index contributed by atoms with van der Waals surface area (Å²) in [5.74, 6) is 0.138. The van der Waals surface area contributed by atoms with Gasteiger partial charge in [0.1, 0.15) is 0 Å². The van der Waals surface area contributed by atoms with Crippen molar-refractivity contribution in [3.05, 3.63) is 54.2 Å². The highest BCUT2D eigenvalue weighted by Crippen LogP contribution is 1.98. The lowest BCUT2D eigenvalue weighted by Crippen LogP contribution is -3.00. The molecule has 5 nitrogen and oxygen atoms in total. The summed E-state index contributed by atoms with van der Waals surface area (Å²) < 4.78 is 4.98. The molecule has 0 aromatic carbocycles. The topological polar surface area (TPSA) is 67.2 Å². The van der Waals surface area contributed by atoms with E-state index in [1.807, 2.05) is 18.2 Å². The van der Waals surface area contributed by atoms with E-state index >= 15 is 0 Å². The van der Waals surface area contributed by atoms with E-state index < -0.39 is 0 Å². The zero-order valence-electron chi connectivity index (χ0n) is 10.3. The van der Waals surface area contributed by atoms with Gasteiger partial charge in [-0.3, -0.25) is 9.78 Å². The van der Waals surface area contributed by atoms with E-state index in [9.17, 15) is 4.79 Å². The highest BCUT2D eigenvalue weighted by Gasteiger charge is 2.06. The first-order chi connectivity index (χ1) is 8.86. The SMILES string of the molecule is O=C(NCCNCc1ccccn1)c1ccco1.[Br-]. The minimum atomic E-state index is -0.195. The third kappa shape index (κ3) is 5.23. The van der Waals surface area contributed by atoms with Crippen molar-refractivity contribution in [1.82, 2.24) is 15.6 Å². The van der Waals surface area contributed by atoms with Gasteiger partial charge in [-0.25, -0.2) is 0 Å². The Morgan fingerprint density at radius 2 is 2.11 bits per heavy atom. The van der Waals surface area contributed by atoms with E-state index in [1.165, 1.54) is 6.26 Å². The molecule has 2 N–H and O–H groups in total. The number of pyridine rings is 1. The van der Waals surface area contributed by atoms with Crippen LogP contribution in [0.4, 0.5) is 0 Å². The number of amides is 1. The van der Waals surface area contributed by atoms with Gasteiger partial charge in [-0.1, -0.05) is 6.07 Å². The van der Waals surface area contributed by atoms with E-state index in [0.29, 0.717) is 25.4 Å². The van der Waals surface area contributed by atoms with Gasteiger partial charge < -0.3 is 32.0 Å². The average molecular weight is 325 g/mol. The van der Waals surface area contributed by atoms with Crippen molar-refractivity contribution in [3.63, 3.8) is 0 Å². The highest BCUT2D eigenvalue weighted by atomic mass is 79.9. The monoisotopic (exact) mass is 324 g/mol. The number of carbonyl (C=O) groups is 1. The summed E-state index contributed by atoms with van der Waals surface area (Å²) in [6.45, 7) is 1.92. The average Bonchev–Trinajstić information content (AvgIpc) is 2.93. The lowest BCUT2D eigenvalue weighted by Gasteiger charge is -2.05. The molecule has 0 saturated heterocycles. The smallest absolute Gasteiger partial charge is 0.287 e. The Labute approximate surface area is 122 Å². The fourth-order valence-electron chi connectivity index (χ4n) is 1.48. The van der Waals surface area contributed by atoms with Crippen LogP contribution in [0.25, 0.3) is 0 Å². The molecular formula is C13H15BrN3O2-. The number of hydrogen-bond donors (Lipinski definition) is 2. The molecule has 2 aromatic heterocycles. The van der Waals surface area contributed by atoms with E-state index in [1.54, 1.807) is 18.3 Å². The zero-order valence-corrected chi connectivity index (χ0v) is 11.9. The standard InChI is InChI=1S/C13H15N3O2.BrH/c17-13(12-5-3-9-18-12)16-8-7-14-10-11-4-1-2-6-15-11;/h1-6,9,14H,7-8,10H2,(H,16,17);1H/p-1. The molecule has 0 spiro atoms. The molecule has 2 aromatic rings. The van der Waals surface area contributed by atoms with E-state index in [2.05, 4.69) is 15.6 Å². The van der Waals surface area contributed by atoms with Gasteiger partial charge in [0.05, 0.1) is 12.0 Å². The third-order valence-electron chi connectivity index (χ3n) is 2.36. The second-order valence-corrected chi connectivity index (χ2v) is 3.73. The first-order valence-corrected chi connectivity index (χ1v) is 5.78. The minimum absolute atomic E-state index is 0. The molecule has 102 valence electrons. The van der Waals surface area contributed by atoms with Crippen LogP contribution < -0.4 is 27.6 Å². The first-order valence-electron chi connectivity index (χ1n) is 5.78. The van der Waals surface area contributed by atoms with Crippen molar-refractivity contribution >= 4 is 5.91 Å². The second kappa shape index (κ2) is 8.44. The Kier molecular flexibility index (Phi) is 6.84. The molecule has 1 amide bonds. The van der Waals surface area contributed by atoms with E-state index in [-0.39, 0.29) is 22.9 Å². The molecule has 0 aliphatic carbocycles. The van der Waals surface area contributed by atoms with E-state index in [0.717, 1.165) is 5.69 Å². The number of halogens is 1. The van der Waals surface area contributed by atoms with E-state index in [4.69, 9.17) is 4.42 Å². The number of hydrogen-bond acceptors (Lipinski definition) is 4. The Bertz CT molecular complexity index is 474. The molecule has 0 fully saturated rings. The zero-order chi connectivity index (χ0) is 12.6. The van der Waals surface area contributed by atoms with Gasteiger partial charge in [-0.05, 0) is 24.3 Å². The largest absolute Gasteiger partial charge is 1.00 e. The number of nitrogens with one attached hydrogen (secondary N) is 2. The van der Waals surface area contributed by atoms with Gasteiger partial charge in [-0.15, -0.1) is 0 Å². The maximum absolute atomic E-state index is 11.5. The molecule has 2 rings (SSSR count). The molecule has 0 bridgehead atoms. The predicted octanol–water partition coefficient (Wildman–Crippen LogP) is -1.80. The summed E-state index contributed by atoms with van der Waals surface area (Å²) in [5.41, 5.74) is 0.981. The number of furan rings is 1. The summed E-state index contributed by atoms with van der Waals surface area (Å²) in [6, 6.07) is 9.11. The Balaban J connectivity index is 0.00000180. The van der Waals surface area contributed by atoms with Gasteiger partial charge in [-0.2, -0.15) is 0 Å². The van der Waals surface area contributed by atoms with Crippen LogP contribution in [0.5, 0.6) is 0 Å². The lowest BCUT2D eigenvalue weighted by molar-refractivity contribution is -0.0000122. The van der Waals surface area contributed by atoms with Crippen LogP contribution in [-0.4, -0.2) is 24.0 Å². The van der Waals surface area contributed by atoms with Crippen LogP contribution in [0.15, 0.2) is 47.2 Å². The molecule has 2 heterocycles. The van der Waals surface area contributed by atoms with Crippen LogP contribution >= 0.6 is 0 Å². The van der Waals surface area contributed by atoms with Crippen LogP contribution in [-0.2, 0) is 6.54 Å². The quantitative estimate of drug-likeness (QED) is 0.615. The molecular weight excluding hydrogens is 310 g/mol. The van der Waals surface area contributed by atoms with Crippen LogP contribution in [0.2, 0.25) is 0 Å². The van der Waals surface area contributed by atoms with Crippen LogP contribution in [0.1, 0.15) is 16.2 Å². The predicted molar refractivity (Wildman–Crippen MR) is 67.0 cm³/mol. The number of rotatable bonds is 6. The molecule has 0 unspecified atom stereocenters. The van der Waals surface area contributed by atoms with Crippen molar-refractivity contribution in [2.75, 3.05) is 13.1 Å². The van der Waals surface area contributed by atoms with Crippen molar-refractivity contribution < 1.29 is 26.2 Å². The Hall–Kier alpha value is -1.66. The van der Waals surface area contributed by atoms with Crippen molar-refractivity contribution in [2.45, 2.75) is 6.54 Å². The van der Waals surface area contributed by atoms with Crippen molar-refractivity contribution in [1.29, 1.82) is 0 Å². The van der Waals surface area contributed by atoms with Crippen LogP contribution in [0, 0.1) is 0 Å². The number of carbonyl (C=O) groups excluding carboxylic acids is 1. The van der Waals surface area contributed by atoms with Gasteiger partial charge in [0.15, 0.2) is 5.76 Å². The molecule has 0 radical (unpaired) electrons. The summed E-state index contributed by atoms with van der Waals surface area (Å²) in [4.78, 5) is 15.7. The molecule has 0 aliphatic heterocycles. The van der Waals surface area contributed by atoms with Crippen molar-refractivity contribution in [2.24, 2.45) is 0 Å². The van der Waals surface area contributed by atoms with Crippen LogP contribution in [0.3, 0.4) is 0 Å². The summed E-state index contributed by atoms with van der Waals surface area (Å²) in [6.07, 6.45) is 3.24. The summed E-state index contributed by atoms with van der Waals surface area (Å²) in [7, 11) is 0. The van der Waals surface area contributed by atoms with Gasteiger partial charge in [0.25, 0.3) is 5.91 Å². The summed E-state index contributed by atoms with van der Waals surface area (Å²) in [5, 5.41) is 5.95. The first kappa shape index (κ1) is 15.4. The fraction of sp³-hybridized carbons (Fsp3) is 0.231. The van der Waals surface area contributed by atoms with Gasteiger partial charge in [0.2, 0.25) is 0 Å². The molecule has 19 heavy (non-hydrogen) atoms. The fourth-order valence-corrected chi connectivity index (χ4v) is 1.48. The maximum Gasteiger partial charge on any atom is 0.287 e. The molecule has 0 saturated carbocycles. The molecule has 0 aliphatic rings. The Morgan fingerprint density at radius 1 is 1.21 bits per heavy atom. The Morgan fingerprint density at radius 3 is 2.79 bits per heavy atom. The van der Waals surface area contributed by atoms with Gasteiger partial charge >= 0.3 is 0 Å². The number of aromatic nitrogens is 1. The maximum atomic E-state index is 11.5. The van der Waals surface area contributed by atoms with Crippen molar-refractivity contribution in [3.8, 4) is 0 Å². The minimum Gasteiger partial charge on any atom is -1.00 e. The second-order valence-electron chi connectivity index (χ2n) is 3.73. The van der Waals surface area contributed by atoms with Gasteiger partial charge in [0, 0.05) is 25.8 Å².